The minimum atomic E-state index is -0.609. The van der Waals surface area contributed by atoms with E-state index >= 15 is 0 Å². The lowest BCUT2D eigenvalue weighted by Gasteiger charge is -2.35. The number of H-pyrrole nitrogens is 1. The molecule has 4 rings (SSSR count). The van der Waals surface area contributed by atoms with Crippen LogP contribution < -0.4 is 15.4 Å². The van der Waals surface area contributed by atoms with Gasteiger partial charge in [0, 0.05) is 67.4 Å². The van der Waals surface area contributed by atoms with Gasteiger partial charge in [-0.05, 0) is 45.0 Å². The molecule has 3 aromatic rings. The average Bonchev–Trinajstić information content (AvgIpc) is 3.25. The van der Waals surface area contributed by atoms with E-state index in [1.54, 1.807) is 19.4 Å². The summed E-state index contributed by atoms with van der Waals surface area (Å²) in [4.78, 5) is 36.7. The van der Waals surface area contributed by atoms with Crippen molar-refractivity contribution < 1.29 is 19.1 Å². The first kappa shape index (κ1) is 25.8. The molecule has 9 nitrogen and oxygen atoms in total. The Hall–Kier alpha value is -3.30. The summed E-state index contributed by atoms with van der Waals surface area (Å²) >= 11 is 6.65. The maximum Gasteiger partial charge on any atom is 0.340 e. The minimum Gasteiger partial charge on any atom is -0.480 e. The average molecular weight is 514 g/mol. The van der Waals surface area contributed by atoms with Crippen LogP contribution in [0.4, 0.5) is 5.82 Å². The second-order valence-electron chi connectivity index (χ2n) is 9.71. The van der Waals surface area contributed by atoms with E-state index in [4.69, 9.17) is 31.8 Å². The van der Waals surface area contributed by atoms with E-state index in [1.165, 1.54) is 0 Å². The van der Waals surface area contributed by atoms with E-state index in [0.717, 1.165) is 11.3 Å². The number of halogens is 1. The zero-order valence-corrected chi connectivity index (χ0v) is 21.8. The van der Waals surface area contributed by atoms with E-state index in [9.17, 15) is 9.59 Å². The fourth-order valence-corrected chi connectivity index (χ4v) is 4.55. The van der Waals surface area contributed by atoms with Crippen LogP contribution in [0, 0.1) is 0 Å². The lowest BCUT2D eigenvalue weighted by atomic mass is 10.0. The molecule has 0 bridgehead atoms. The molecule has 0 saturated carbocycles. The number of piperazine rings is 1. The molecular weight excluding hydrogens is 482 g/mol. The number of nitrogens with one attached hydrogen (secondary N) is 1. The van der Waals surface area contributed by atoms with Crippen molar-refractivity contribution in [3.8, 4) is 17.0 Å². The lowest BCUT2D eigenvalue weighted by Crippen LogP contribution is -2.49. The van der Waals surface area contributed by atoms with Gasteiger partial charge in [0.25, 0.3) is 0 Å². The van der Waals surface area contributed by atoms with Gasteiger partial charge in [0.2, 0.25) is 11.8 Å². The van der Waals surface area contributed by atoms with Crippen LogP contribution in [0.2, 0.25) is 5.02 Å². The molecule has 1 amide bonds. The van der Waals surface area contributed by atoms with Crippen LogP contribution in [0.1, 0.15) is 37.6 Å². The number of hydrogen-bond acceptors (Lipinski definition) is 7. The molecule has 0 radical (unpaired) electrons. The fraction of sp³-hybridized carbons (Fsp3) is 0.423. The summed E-state index contributed by atoms with van der Waals surface area (Å²) in [6, 6.07) is 7.47. The number of amides is 1. The number of carbonyl (C=O) groups is 2. The molecule has 1 saturated heterocycles. The standard InChI is InChI=1S/C26H32ClN5O4/c1-26(2,3)36-25(34)19-15-29-21-14-20(27)17(13-18(19)21)16-5-6-22(30-24(16)35-4)31-9-11-32(12-10-31)23(33)7-8-28/h5-6,13-15,29H,7-12,28H2,1-4H3. The first-order valence-electron chi connectivity index (χ1n) is 11.9. The SMILES string of the molecule is COc1nc(N2CCN(C(=O)CCN)CC2)ccc1-c1cc2c(C(=O)OC(C)(C)C)c[nH]c2cc1Cl. The van der Waals surface area contributed by atoms with Crippen LogP contribution in [0.5, 0.6) is 5.88 Å². The van der Waals surface area contributed by atoms with Crippen molar-refractivity contribution in [2.75, 3.05) is 44.7 Å². The number of carbonyl (C=O) groups excluding carboxylic acids is 2. The zero-order chi connectivity index (χ0) is 26.0. The largest absolute Gasteiger partial charge is 0.480 e. The van der Waals surface area contributed by atoms with Crippen molar-refractivity contribution in [2.24, 2.45) is 5.73 Å². The Morgan fingerprint density at radius 1 is 1.14 bits per heavy atom. The molecule has 3 heterocycles. The van der Waals surface area contributed by atoms with E-state index in [0.29, 0.717) is 72.1 Å². The number of aromatic amines is 1. The normalized spacial score (nSPS) is 14.3. The molecule has 0 atom stereocenters. The number of pyridine rings is 1. The third-order valence-corrected chi connectivity index (χ3v) is 6.34. The van der Waals surface area contributed by atoms with Crippen LogP contribution in [-0.2, 0) is 9.53 Å². The van der Waals surface area contributed by atoms with Gasteiger partial charge in [0.15, 0.2) is 0 Å². The molecule has 10 heteroatoms. The van der Waals surface area contributed by atoms with Gasteiger partial charge in [-0.2, -0.15) is 4.98 Å². The van der Waals surface area contributed by atoms with Crippen molar-refractivity contribution in [3.63, 3.8) is 0 Å². The van der Waals surface area contributed by atoms with Crippen LogP contribution >= 0.6 is 11.6 Å². The molecule has 0 spiro atoms. The third kappa shape index (κ3) is 5.42. The lowest BCUT2D eigenvalue weighted by molar-refractivity contribution is -0.131. The highest BCUT2D eigenvalue weighted by atomic mass is 35.5. The van der Waals surface area contributed by atoms with Gasteiger partial charge in [-0.15, -0.1) is 0 Å². The Labute approximate surface area is 215 Å². The number of methoxy groups -OCH3 is 1. The Morgan fingerprint density at radius 2 is 1.86 bits per heavy atom. The number of fused-ring (bicyclic) bond motifs is 1. The maximum atomic E-state index is 12.8. The number of benzene rings is 1. The summed E-state index contributed by atoms with van der Waals surface area (Å²) in [5.74, 6) is 0.852. The number of nitrogens with two attached hydrogens (primary N) is 1. The quantitative estimate of drug-likeness (QED) is 0.481. The number of nitrogens with zero attached hydrogens (tertiary/aromatic N) is 3. The van der Waals surface area contributed by atoms with Gasteiger partial charge in [0.05, 0.1) is 17.7 Å². The molecule has 1 fully saturated rings. The fourth-order valence-electron chi connectivity index (χ4n) is 4.29. The minimum absolute atomic E-state index is 0.0820. The number of aromatic nitrogens is 2. The highest BCUT2D eigenvalue weighted by Gasteiger charge is 2.24. The first-order chi connectivity index (χ1) is 17.1. The Balaban J connectivity index is 1.62. The van der Waals surface area contributed by atoms with Gasteiger partial charge in [-0.3, -0.25) is 4.79 Å². The maximum absolute atomic E-state index is 12.8. The molecule has 1 aliphatic rings. The molecular formula is C26H32ClN5O4. The molecule has 2 aromatic heterocycles. The highest BCUT2D eigenvalue weighted by molar-refractivity contribution is 6.34. The number of hydrogen-bond donors (Lipinski definition) is 2. The van der Waals surface area contributed by atoms with E-state index < -0.39 is 11.6 Å². The highest BCUT2D eigenvalue weighted by Crippen LogP contribution is 2.38. The number of esters is 1. The number of rotatable bonds is 6. The summed E-state index contributed by atoms with van der Waals surface area (Å²) in [5, 5.41) is 1.20. The molecule has 0 unspecified atom stereocenters. The van der Waals surface area contributed by atoms with E-state index in [2.05, 4.69) is 9.88 Å². The molecule has 192 valence electrons. The Morgan fingerprint density at radius 3 is 2.50 bits per heavy atom. The van der Waals surface area contributed by atoms with Gasteiger partial charge < -0.3 is 30.0 Å². The summed E-state index contributed by atoms with van der Waals surface area (Å²) in [7, 11) is 1.56. The van der Waals surface area contributed by atoms with Crippen LogP contribution in [0.25, 0.3) is 22.0 Å². The monoisotopic (exact) mass is 513 g/mol. The molecule has 0 aliphatic carbocycles. The van der Waals surface area contributed by atoms with Gasteiger partial charge in [0.1, 0.15) is 11.4 Å². The van der Waals surface area contributed by atoms with Gasteiger partial charge in [-0.1, -0.05) is 11.6 Å². The van der Waals surface area contributed by atoms with Crippen molar-refractivity contribution in [1.29, 1.82) is 0 Å². The summed E-state index contributed by atoms with van der Waals surface area (Å²) in [6.45, 7) is 8.42. The second-order valence-corrected chi connectivity index (χ2v) is 10.1. The molecule has 1 aromatic carbocycles. The topological polar surface area (TPSA) is 114 Å². The predicted octanol–water partition coefficient (Wildman–Crippen LogP) is 3.84. The van der Waals surface area contributed by atoms with Crippen molar-refractivity contribution in [3.05, 3.63) is 41.0 Å². The van der Waals surface area contributed by atoms with Crippen molar-refractivity contribution in [2.45, 2.75) is 32.8 Å². The summed E-state index contributed by atoms with van der Waals surface area (Å²) < 4.78 is 11.2. The van der Waals surface area contributed by atoms with Crippen molar-refractivity contribution in [1.82, 2.24) is 14.9 Å². The molecule has 36 heavy (non-hydrogen) atoms. The Kier molecular flexibility index (Phi) is 7.42. The Bertz CT molecular complexity index is 1280. The number of anilines is 1. The van der Waals surface area contributed by atoms with E-state index in [-0.39, 0.29) is 5.91 Å². The second kappa shape index (κ2) is 10.4. The summed E-state index contributed by atoms with van der Waals surface area (Å²) in [5.41, 5.74) is 7.48. The van der Waals surface area contributed by atoms with Gasteiger partial charge in [-0.25, -0.2) is 4.79 Å². The zero-order valence-electron chi connectivity index (χ0n) is 21.1. The third-order valence-electron chi connectivity index (χ3n) is 6.03. The van der Waals surface area contributed by atoms with E-state index in [1.807, 2.05) is 43.9 Å². The van der Waals surface area contributed by atoms with Gasteiger partial charge >= 0.3 is 5.97 Å². The smallest absolute Gasteiger partial charge is 0.340 e. The predicted molar refractivity (Wildman–Crippen MR) is 141 cm³/mol. The molecule has 1 aliphatic heterocycles. The molecule has 3 N–H and O–H groups in total. The first-order valence-corrected chi connectivity index (χ1v) is 12.3. The van der Waals surface area contributed by atoms with Crippen LogP contribution in [0.3, 0.4) is 0 Å². The number of ether oxygens (including phenoxy) is 2. The van der Waals surface area contributed by atoms with Crippen molar-refractivity contribution >= 4 is 40.2 Å². The van der Waals surface area contributed by atoms with Crippen LogP contribution in [0.15, 0.2) is 30.5 Å². The summed E-state index contributed by atoms with van der Waals surface area (Å²) in [6.07, 6.45) is 2.00. The van der Waals surface area contributed by atoms with Crippen LogP contribution in [-0.4, -0.2) is 72.2 Å².